The lowest BCUT2D eigenvalue weighted by Gasteiger charge is -2.20. The number of hydrogen-bond donors (Lipinski definition) is 3. The van der Waals surface area contributed by atoms with Crippen molar-refractivity contribution in [1.82, 2.24) is 0 Å². The lowest BCUT2D eigenvalue weighted by molar-refractivity contribution is 0.133. The van der Waals surface area contributed by atoms with Crippen molar-refractivity contribution in [1.29, 1.82) is 0 Å². The van der Waals surface area contributed by atoms with Crippen molar-refractivity contribution in [2.24, 2.45) is 5.73 Å². The zero-order valence-electron chi connectivity index (χ0n) is 9.36. The molecule has 0 spiro atoms. The molecule has 0 aliphatic carbocycles. The first-order valence-corrected chi connectivity index (χ1v) is 5.84. The van der Waals surface area contributed by atoms with Gasteiger partial charge in [0.1, 0.15) is 5.75 Å². The first-order valence-electron chi connectivity index (χ1n) is 5.09. The minimum atomic E-state index is -0.727. The molecular weight excluding hydrogens is 284 g/mol. The summed E-state index contributed by atoms with van der Waals surface area (Å²) in [5, 5.41) is 20.1. The van der Waals surface area contributed by atoms with Crippen LogP contribution >= 0.6 is 35.6 Å². The molecule has 0 aromatic heterocycles. The van der Waals surface area contributed by atoms with E-state index < -0.39 is 12.1 Å². The van der Waals surface area contributed by atoms with Gasteiger partial charge in [0.25, 0.3) is 0 Å². The Kier molecular flexibility index (Phi) is 7.21. The van der Waals surface area contributed by atoms with Gasteiger partial charge in [0, 0.05) is 10.6 Å². The normalized spacial score (nSPS) is 13.9. The van der Waals surface area contributed by atoms with Gasteiger partial charge < -0.3 is 15.9 Å². The third-order valence-corrected chi connectivity index (χ3v) is 2.94. The molecule has 0 aliphatic heterocycles. The predicted octanol–water partition coefficient (Wildman–Crippen LogP) is 3.28. The van der Waals surface area contributed by atoms with Crippen LogP contribution in [0.1, 0.15) is 31.4 Å². The Labute approximate surface area is 117 Å². The molecule has 17 heavy (non-hydrogen) atoms. The smallest absolute Gasteiger partial charge is 0.123 e. The van der Waals surface area contributed by atoms with E-state index in [1.165, 1.54) is 12.1 Å². The number of nitrogens with two attached hydrogens (primary N) is 1. The van der Waals surface area contributed by atoms with Gasteiger partial charge in [0.05, 0.1) is 17.2 Å². The Morgan fingerprint density at radius 1 is 1.35 bits per heavy atom. The van der Waals surface area contributed by atoms with Crippen LogP contribution in [0.3, 0.4) is 0 Å². The van der Waals surface area contributed by atoms with Crippen molar-refractivity contribution in [3.8, 4) is 5.75 Å². The number of hydrogen-bond acceptors (Lipinski definition) is 3. The average Bonchev–Trinajstić information content (AvgIpc) is 2.16. The second-order valence-electron chi connectivity index (χ2n) is 3.70. The molecule has 98 valence electrons. The van der Waals surface area contributed by atoms with E-state index >= 15 is 0 Å². The van der Waals surface area contributed by atoms with Gasteiger partial charge in [-0.1, -0.05) is 36.5 Å². The van der Waals surface area contributed by atoms with Crippen LogP contribution in [0, 0.1) is 0 Å². The molecule has 3 nitrogen and oxygen atoms in total. The maximum absolute atomic E-state index is 9.76. The van der Waals surface area contributed by atoms with Gasteiger partial charge in [-0.2, -0.15) is 0 Å². The van der Waals surface area contributed by atoms with Crippen LogP contribution in [0.15, 0.2) is 12.1 Å². The summed E-state index contributed by atoms with van der Waals surface area (Å²) in [5.41, 5.74) is 6.18. The molecule has 1 rings (SSSR count). The Morgan fingerprint density at radius 2 is 1.94 bits per heavy atom. The molecule has 0 saturated heterocycles. The minimum absolute atomic E-state index is 0. The fourth-order valence-corrected chi connectivity index (χ4v) is 2.18. The van der Waals surface area contributed by atoms with Crippen molar-refractivity contribution < 1.29 is 10.2 Å². The molecular formula is C11H16Cl3NO2. The highest BCUT2D eigenvalue weighted by molar-refractivity contribution is 6.35. The number of phenolic OH excluding ortho intramolecular Hbond substituents is 1. The number of aliphatic hydroxyl groups excluding tert-OH is 1. The Morgan fingerprint density at radius 3 is 2.41 bits per heavy atom. The van der Waals surface area contributed by atoms with Crippen LogP contribution in [-0.2, 0) is 0 Å². The summed E-state index contributed by atoms with van der Waals surface area (Å²) in [6.07, 6.45) is 0.634. The van der Waals surface area contributed by atoms with E-state index in [1.54, 1.807) is 0 Å². The van der Waals surface area contributed by atoms with Crippen LogP contribution in [0.25, 0.3) is 0 Å². The van der Waals surface area contributed by atoms with Gasteiger partial charge in [0.15, 0.2) is 0 Å². The zero-order chi connectivity index (χ0) is 12.3. The van der Waals surface area contributed by atoms with Gasteiger partial charge >= 0.3 is 0 Å². The molecule has 2 atom stereocenters. The number of aromatic hydroxyl groups is 1. The Hall–Kier alpha value is -0.190. The van der Waals surface area contributed by atoms with Gasteiger partial charge in [0.2, 0.25) is 0 Å². The SMILES string of the molecule is CCC[C@H](O)[C@H](N)c1c(O)cc(Cl)cc1Cl.Cl. The summed E-state index contributed by atoms with van der Waals surface area (Å²) < 4.78 is 0. The Balaban J connectivity index is 0.00000256. The molecule has 0 aliphatic rings. The van der Waals surface area contributed by atoms with Gasteiger partial charge in [-0.05, 0) is 18.6 Å². The van der Waals surface area contributed by atoms with Crippen LogP contribution in [0.5, 0.6) is 5.75 Å². The van der Waals surface area contributed by atoms with Crippen molar-refractivity contribution >= 4 is 35.6 Å². The van der Waals surface area contributed by atoms with E-state index in [1.807, 2.05) is 6.92 Å². The molecule has 1 aromatic rings. The van der Waals surface area contributed by atoms with Crippen molar-refractivity contribution in [2.45, 2.75) is 31.9 Å². The number of halogens is 3. The quantitative estimate of drug-likeness (QED) is 0.799. The summed E-state index contributed by atoms with van der Waals surface area (Å²) in [6, 6.07) is 2.16. The first kappa shape index (κ1) is 16.8. The second-order valence-corrected chi connectivity index (χ2v) is 4.55. The third-order valence-electron chi connectivity index (χ3n) is 2.40. The molecule has 0 amide bonds. The molecule has 0 bridgehead atoms. The van der Waals surface area contributed by atoms with Gasteiger partial charge in [-0.15, -0.1) is 12.4 Å². The van der Waals surface area contributed by atoms with Crippen molar-refractivity contribution in [2.75, 3.05) is 0 Å². The van der Waals surface area contributed by atoms with E-state index in [2.05, 4.69) is 0 Å². The minimum Gasteiger partial charge on any atom is -0.507 e. The highest BCUT2D eigenvalue weighted by Gasteiger charge is 2.22. The number of phenols is 1. The van der Waals surface area contributed by atoms with Gasteiger partial charge in [-0.25, -0.2) is 0 Å². The highest BCUT2D eigenvalue weighted by Crippen LogP contribution is 2.35. The lowest BCUT2D eigenvalue weighted by atomic mass is 9.98. The molecule has 0 radical (unpaired) electrons. The van der Waals surface area contributed by atoms with Crippen LogP contribution in [0.4, 0.5) is 0 Å². The zero-order valence-corrected chi connectivity index (χ0v) is 11.7. The number of rotatable bonds is 4. The lowest BCUT2D eigenvalue weighted by Crippen LogP contribution is -2.26. The molecule has 0 fully saturated rings. The summed E-state index contributed by atoms with van der Waals surface area (Å²) >= 11 is 11.7. The largest absolute Gasteiger partial charge is 0.507 e. The topological polar surface area (TPSA) is 66.5 Å². The molecule has 4 N–H and O–H groups in total. The predicted molar refractivity (Wildman–Crippen MR) is 73.2 cm³/mol. The Bertz CT molecular complexity index is 351. The van der Waals surface area contributed by atoms with E-state index in [4.69, 9.17) is 28.9 Å². The maximum atomic E-state index is 9.76. The summed E-state index contributed by atoms with van der Waals surface area (Å²) in [5.74, 6) is -0.0832. The van der Waals surface area contributed by atoms with Gasteiger partial charge in [-0.3, -0.25) is 0 Å². The van der Waals surface area contributed by atoms with E-state index in [0.717, 1.165) is 6.42 Å². The molecule has 0 saturated carbocycles. The van der Waals surface area contributed by atoms with Crippen LogP contribution in [-0.4, -0.2) is 16.3 Å². The standard InChI is InChI=1S/C11H15Cl2NO2.ClH/c1-2-3-8(15)11(14)10-7(13)4-6(12)5-9(10)16;/h4-5,8,11,15-16H,2-3,14H2,1H3;1H/t8-,11-;/m0./s1. The number of benzene rings is 1. The molecule has 6 heteroatoms. The highest BCUT2D eigenvalue weighted by atomic mass is 35.5. The van der Waals surface area contributed by atoms with Crippen LogP contribution < -0.4 is 5.73 Å². The third kappa shape index (κ3) is 4.19. The second kappa shape index (κ2) is 7.29. The van der Waals surface area contributed by atoms with Crippen molar-refractivity contribution in [3.63, 3.8) is 0 Å². The van der Waals surface area contributed by atoms with Crippen LogP contribution in [0.2, 0.25) is 10.0 Å². The van der Waals surface area contributed by atoms with Crippen molar-refractivity contribution in [3.05, 3.63) is 27.7 Å². The monoisotopic (exact) mass is 299 g/mol. The number of aliphatic hydroxyl groups is 1. The first-order chi connectivity index (χ1) is 7.47. The molecule has 1 aromatic carbocycles. The van der Waals surface area contributed by atoms with E-state index in [-0.39, 0.29) is 23.2 Å². The van der Waals surface area contributed by atoms with E-state index in [0.29, 0.717) is 17.0 Å². The average molecular weight is 301 g/mol. The summed E-state index contributed by atoms with van der Waals surface area (Å²) in [7, 11) is 0. The maximum Gasteiger partial charge on any atom is 0.123 e. The van der Waals surface area contributed by atoms with E-state index in [9.17, 15) is 10.2 Å². The fourth-order valence-electron chi connectivity index (χ4n) is 1.57. The molecule has 0 unspecified atom stereocenters. The summed E-state index contributed by atoms with van der Waals surface area (Å²) in [4.78, 5) is 0. The molecule has 0 heterocycles. The fraction of sp³-hybridized carbons (Fsp3) is 0.455. The summed E-state index contributed by atoms with van der Waals surface area (Å²) in [6.45, 7) is 1.94.